The molecule has 3 amide bonds. The normalized spacial score (nSPS) is 10.0. The minimum absolute atomic E-state index is 0.0392. The van der Waals surface area contributed by atoms with Gasteiger partial charge < -0.3 is 5.32 Å². The Morgan fingerprint density at radius 2 is 2.16 bits per heavy atom. The van der Waals surface area contributed by atoms with Crippen molar-refractivity contribution in [3.8, 4) is 0 Å². The Hall–Kier alpha value is -2.06. The molecular formula is C10H6ClFN4O2S. The molecule has 0 spiro atoms. The largest absolute Gasteiger partial charge is 0.326 e. The zero-order valence-electron chi connectivity index (χ0n) is 9.18. The molecule has 1 aromatic carbocycles. The fraction of sp³-hybridized carbons (Fsp3) is 0. The molecule has 0 atom stereocenters. The molecule has 1 aromatic heterocycles. The van der Waals surface area contributed by atoms with Crippen LogP contribution in [0.2, 0.25) is 5.02 Å². The fourth-order valence-corrected chi connectivity index (χ4v) is 1.78. The van der Waals surface area contributed by atoms with Crippen LogP contribution in [0, 0.1) is 5.82 Å². The molecule has 0 bridgehead atoms. The number of carbonyl (C=O) groups excluding carboxylic acids is 2. The van der Waals surface area contributed by atoms with Gasteiger partial charge in [-0.25, -0.2) is 9.18 Å². The van der Waals surface area contributed by atoms with Crippen molar-refractivity contribution in [2.24, 2.45) is 0 Å². The van der Waals surface area contributed by atoms with E-state index < -0.39 is 17.8 Å². The molecule has 9 heteroatoms. The lowest BCUT2D eigenvalue weighted by Gasteiger charge is -2.06. The van der Waals surface area contributed by atoms with Gasteiger partial charge in [0.2, 0.25) is 0 Å². The van der Waals surface area contributed by atoms with Gasteiger partial charge in [0.25, 0.3) is 5.91 Å². The van der Waals surface area contributed by atoms with Gasteiger partial charge in [0.1, 0.15) is 5.82 Å². The number of nitrogens with zero attached hydrogens (tertiary/aromatic N) is 2. The van der Waals surface area contributed by atoms with Crippen molar-refractivity contribution in [3.05, 3.63) is 40.1 Å². The van der Waals surface area contributed by atoms with E-state index in [4.69, 9.17) is 11.6 Å². The highest BCUT2D eigenvalue weighted by Gasteiger charge is 2.13. The van der Waals surface area contributed by atoms with Crippen molar-refractivity contribution >= 4 is 40.8 Å². The number of carbonyl (C=O) groups is 2. The number of aromatic nitrogens is 2. The summed E-state index contributed by atoms with van der Waals surface area (Å²) in [6.45, 7) is 0. The first-order chi connectivity index (χ1) is 9.06. The van der Waals surface area contributed by atoms with Crippen LogP contribution in [0.3, 0.4) is 0 Å². The minimum atomic E-state index is -0.777. The Morgan fingerprint density at radius 3 is 2.79 bits per heavy atom. The molecule has 2 aromatic rings. The Kier molecular flexibility index (Phi) is 4.03. The number of benzene rings is 1. The first-order valence-corrected chi connectivity index (χ1v) is 6.12. The summed E-state index contributed by atoms with van der Waals surface area (Å²) in [4.78, 5) is 23.0. The predicted octanol–water partition coefficient (Wildman–Crippen LogP) is 2.29. The average Bonchev–Trinajstić information content (AvgIpc) is 2.87. The summed E-state index contributed by atoms with van der Waals surface area (Å²) in [6.07, 6.45) is 0. The van der Waals surface area contributed by atoms with Gasteiger partial charge in [-0.2, -0.15) is 0 Å². The second kappa shape index (κ2) is 5.72. The van der Waals surface area contributed by atoms with Crippen molar-refractivity contribution in [2.45, 2.75) is 0 Å². The van der Waals surface area contributed by atoms with Crippen LogP contribution >= 0.6 is 23.1 Å². The standard InChI is InChI=1S/C10H6ClFN4O2S/c11-6-3-5(1-2-7(6)12)13-10(18)14-9(17)8-4-19-16-15-8/h1-4H,(H2,13,14,17,18). The third-order valence-corrected chi connectivity index (χ3v) is 2.79. The van der Waals surface area contributed by atoms with E-state index in [0.29, 0.717) is 0 Å². The summed E-state index contributed by atoms with van der Waals surface area (Å²) in [6, 6.07) is 2.87. The van der Waals surface area contributed by atoms with Crippen LogP contribution in [0.1, 0.15) is 10.5 Å². The van der Waals surface area contributed by atoms with Gasteiger partial charge in [0.15, 0.2) is 5.69 Å². The molecule has 0 saturated heterocycles. The lowest BCUT2D eigenvalue weighted by molar-refractivity contribution is 0.0962. The van der Waals surface area contributed by atoms with E-state index in [1.807, 2.05) is 5.32 Å². The second-order valence-corrected chi connectivity index (χ2v) is 4.34. The molecule has 0 aliphatic heterocycles. The minimum Gasteiger partial charge on any atom is -0.308 e. The number of amides is 3. The summed E-state index contributed by atoms with van der Waals surface area (Å²) < 4.78 is 16.4. The van der Waals surface area contributed by atoms with Gasteiger partial charge in [-0.05, 0) is 29.7 Å². The Balaban J connectivity index is 1.98. The van der Waals surface area contributed by atoms with Gasteiger partial charge >= 0.3 is 6.03 Å². The van der Waals surface area contributed by atoms with E-state index in [1.165, 1.54) is 17.5 Å². The Labute approximate surface area is 115 Å². The second-order valence-electron chi connectivity index (χ2n) is 3.33. The summed E-state index contributed by atoms with van der Waals surface area (Å²) >= 11 is 6.54. The van der Waals surface area contributed by atoms with Crippen molar-refractivity contribution in [1.29, 1.82) is 0 Å². The molecule has 0 fully saturated rings. The number of rotatable bonds is 2. The molecule has 0 aliphatic rings. The third kappa shape index (κ3) is 3.46. The van der Waals surface area contributed by atoms with Crippen molar-refractivity contribution < 1.29 is 14.0 Å². The van der Waals surface area contributed by atoms with Crippen molar-refractivity contribution in [2.75, 3.05) is 5.32 Å². The molecule has 0 aliphatic carbocycles. The number of imide groups is 1. The third-order valence-electron chi connectivity index (χ3n) is 2.00. The molecule has 6 nitrogen and oxygen atoms in total. The Morgan fingerprint density at radius 1 is 1.37 bits per heavy atom. The van der Waals surface area contributed by atoms with Crippen LogP contribution in [0.15, 0.2) is 23.6 Å². The highest BCUT2D eigenvalue weighted by molar-refractivity contribution is 7.03. The van der Waals surface area contributed by atoms with Crippen LogP contribution in [-0.2, 0) is 0 Å². The van der Waals surface area contributed by atoms with Crippen LogP contribution < -0.4 is 10.6 Å². The lowest BCUT2D eigenvalue weighted by atomic mass is 10.3. The van der Waals surface area contributed by atoms with Crippen LogP contribution in [0.25, 0.3) is 0 Å². The monoisotopic (exact) mass is 300 g/mol. The highest BCUT2D eigenvalue weighted by atomic mass is 35.5. The van der Waals surface area contributed by atoms with Gasteiger partial charge in [-0.15, -0.1) is 5.10 Å². The Bertz CT molecular complexity index is 620. The van der Waals surface area contributed by atoms with E-state index in [2.05, 4.69) is 14.9 Å². The smallest absolute Gasteiger partial charge is 0.308 e. The topological polar surface area (TPSA) is 84.0 Å². The van der Waals surface area contributed by atoms with Crippen LogP contribution in [0.4, 0.5) is 14.9 Å². The van der Waals surface area contributed by atoms with Crippen LogP contribution in [-0.4, -0.2) is 21.5 Å². The molecule has 98 valence electrons. The van der Waals surface area contributed by atoms with Crippen molar-refractivity contribution in [1.82, 2.24) is 14.9 Å². The fourth-order valence-electron chi connectivity index (χ4n) is 1.17. The predicted molar refractivity (Wildman–Crippen MR) is 67.8 cm³/mol. The molecule has 2 rings (SSSR count). The van der Waals surface area contributed by atoms with Gasteiger partial charge in [-0.1, -0.05) is 16.1 Å². The summed E-state index contributed by atoms with van der Waals surface area (Å²) in [5.74, 6) is -1.28. The zero-order valence-corrected chi connectivity index (χ0v) is 10.8. The molecule has 0 radical (unpaired) electrons. The SMILES string of the molecule is O=C(NC(=O)c1csnn1)Nc1ccc(F)c(Cl)c1. The first kappa shape index (κ1) is 13.4. The first-order valence-electron chi connectivity index (χ1n) is 4.90. The molecule has 0 saturated carbocycles. The maximum absolute atomic E-state index is 12.9. The molecule has 19 heavy (non-hydrogen) atoms. The highest BCUT2D eigenvalue weighted by Crippen LogP contribution is 2.19. The number of nitrogens with one attached hydrogen (secondary N) is 2. The number of anilines is 1. The van der Waals surface area contributed by atoms with Gasteiger partial charge in [-0.3, -0.25) is 10.1 Å². The summed E-state index contributed by atoms with van der Waals surface area (Å²) in [5, 5.41) is 9.16. The van der Waals surface area contributed by atoms with E-state index in [1.54, 1.807) is 0 Å². The number of urea groups is 1. The average molecular weight is 301 g/mol. The molecule has 2 N–H and O–H groups in total. The maximum atomic E-state index is 12.9. The van der Waals surface area contributed by atoms with E-state index >= 15 is 0 Å². The number of hydrogen-bond acceptors (Lipinski definition) is 5. The summed E-state index contributed by atoms with van der Waals surface area (Å²) in [7, 11) is 0. The molecule has 1 heterocycles. The van der Waals surface area contributed by atoms with Gasteiger partial charge in [0.05, 0.1) is 5.02 Å². The van der Waals surface area contributed by atoms with Crippen LogP contribution in [0.5, 0.6) is 0 Å². The quantitative estimate of drug-likeness (QED) is 0.891. The van der Waals surface area contributed by atoms with Gasteiger partial charge in [0, 0.05) is 11.1 Å². The van der Waals surface area contributed by atoms with Crippen molar-refractivity contribution in [3.63, 3.8) is 0 Å². The molecular weight excluding hydrogens is 295 g/mol. The van der Waals surface area contributed by atoms with E-state index in [-0.39, 0.29) is 16.4 Å². The maximum Gasteiger partial charge on any atom is 0.326 e. The molecule has 0 unspecified atom stereocenters. The van der Waals surface area contributed by atoms with E-state index in [9.17, 15) is 14.0 Å². The number of hydrogen-bond donors (Lipinski definition) is 2. The summed E-state index contributed by atoms with van der Waals surface area (Å²) in [5.41, 5.74) is 0.297. The van der Waals surface area contributed by atoms with E-state index in [0.717, 1.165) is 17.6 Å². The lowest BCUT2D eigenvalue weighted by Crippen LogP contribution is -2.34. The number of halogens is 2. The zero-order chi connectivity index (χ0) is 13.8.